The molecule has 21 heavy (non-hydrogen) atoms. The van der Waals surface area contributed by atoms with Gasteiger partial charge in [0.05, 0.1) is 6.04 Å². The Labute approximate surface area is 133 Å². The molecule has 1 atom stereocenters. The normalized spacial score (nSPS) is 18.7. The first kappa shape index (κ1) is 16.0. The molecule has 0 aromatic heterocycles. The van der Waals surface area contributed by atoms with Crippen LogP contribution >= 0.6 is 15.9 Å². The minimum atomic E-state index is -0.555. The van der Waals surface area contributed by atoms with E-state index in [9.17, 15) is 9.59 Å². The third-order valence-electron chi connectivity index (χ3n) is 3.32. The second-order valence-corrected chi connectivity index (χ2v) is 7.03. The maximum Gasteiger partial charge on any atom is 0.410 e. The molecule has 0 saturated carbocycles. The number of halogens is 1. The molecular weight excluding hydrogens is 334 g/mol. The van der Waals surface area contributed by atoms with Crippen molar-refractivity contribution < 1.29 is 14.3 Å². The van der Waals surface area contributed by atoms with Gasteiger partial charge < -0.3 is 4.74 Å². The Kier molecular flexibility index (Phi) is 4.71. The molecule has 0 aliphatic carbocycles. The van der Waals surface area contributed by atoms with E-state index in [0.29, 0.717) is 18.5 Å². The van der Waals surface area contributed by atoms with Gasteiger partial charge in [0.1, 0.15) is 5.60 Å². The second-order valence-electron chi connectivity index (χ2n) is 6.18. The summed E-state index contributed by atoms with van der Waals surface area (Å²) in [7, 11) is 0. The Morgan fingerprint density at radius 3 is 2.57 bits per heavy atom. The summed E-state index contributed by atoms with van der Waals surface area (Å²) in [6, 6.07) is 6.86. The zero-order chi connectivity index (χ0) is 15.6. The quantitative estimate of drug-likeness (QED) is 0.754. The number of likely N-dealkylation sites (tertiary alicyclic amines) is 1. The van der Waals surface area contributed by atoms with Crippen molar-refractivity contribution in [1.29, 1.82) is 0 Å². The molecule has 4 nitrogen and oxygen atoms in total. The number of ketones is 1. The number of benzene rings is 1. The van der Waals surface area contributed by atoms with E-state index in [4.69, 9.17) is 4.74 Å². The number of Topliss-reactive ketones (excluding diaryl/α,β-unsaturated/α-hetero) is 1. The van der Waals surface area contributed by atoms with E-state index in [2.05, 4.69) is 15.9 Å². The van der Waals surface area contributed by atoms with Crippen molar-refractivity contribution in [3.05, 3.63) is 34.3 Å². The largest absolute Gasteiger partial charge is 0.444 e. The lowest BCUT2D eigenvalue weighted by Gasteiger charge is -2.28. The summed E-state index contributed by atoms with van der Waals surface area (Å²) in [5.74, 6) is -0.0363. The van der Waals surface area contributed by atoms with Crippen molar-refractivity contribution in [2.24, 2.45) is 0 Å². The molecule has 0 bridgehead atoms. The summed E-state index contributed by atoms with van der Waals surface area (Å²) in [4.78, 5) is 26.4. The molecule has 1 unspecified atom stereocenters. The fourth-order valence-corrected chi connectivity index (χ4v) is 2.90. The Hall–Kier alpha value is -1.36. The lowest BCUT2D eigenvalue weighted by atomic mass is 10.0. The van der Waals surface area contributed by atoms with Crippen molar-refractivity contribution in [3.8, 4) is 0 Å². The minimum Gasteiger partial charge on any atom is -0.444 e. The first-order chi connectivity index (χ1) is 9.79. The first-order valence-electron chi connectivity index (χ1n) is 7.08. The number of hydrogen-bond donors (Lipinski definition) is 0. The molecule has 1 aliphatic rings. The van der Waals surface area contributed by atoms with Gasteiger partial charge in [0.2, 0.25) is 0 Å². The molecule has 1 fully saturated rings. The second kappa shape index (κ2) is 6.18. The van der Waals surface area contributed by atoms with Crippen LogP contribution in [0.1, 0.15) is 44.0 Å². The number of nitrogens with zero attached hydrogens (tertiary/aromatic N) is 1. The molecule has 2 rings (SSSR count). The van der Waals surface area contributed by atoms with E-state index < -0.39 is 17.7 Å². The number of carbonyl (C=O) groups is 2. The molecule has 0 spiro atoms. The van der Waals surface area contributed by atoms with Gasteiger partial charge in [-0.3, -0.25) is 9.69 Å². The van der Waals surface area contributed by atoms with Gasteiger partial charge in [0, 0.05) is 16.6 Å². The van der Waals surface area contributed by atoms with Crippen LogP contribution in [0, 0.1) is 0 Å². The summed E-state index contributed by atoms with van der Waals surface area (Å²) in [6.07, 6.45) is 1.09. The van der Waals surface area contributed by atoms with E-state index in [1.54, 1.807) is 11.0 Å². The lowest BCUT2D eigenvalue weighted by molar-refractivity contribution is 0.0222. The molecule has 0 radical (unpaired) electrons. The fourth-order valence-electron chi connectivity index (χ4n) is 2.42. The topological polar surface area (TPSA) is 46.6 Å². The maximum atomic E-state index is 12.7. The highest BCUT2D eigenvalue weighted by atomic mass is 79.9. The molecule has 114 valence electrons. The summed E-state index contributed by atoms with van der Waals surface area (Å²) >= 11 is 3.39. The summed E-state index contributed by atoms with van der Waals surface area (Å²) in [5, 5.41) is 0. The van der Waals surface area contributed by atoms with Gasteiger partial charge in [0.25, 0.3) is 0 Å². The van der Waals surface area contributed by atoms with Gasteiger partial charge in [-0.2, -0.15) is 0 Å². The highest BCUT2D eigenvalue weighted by Crippen LogP contribution is 2.26. The number of rotatable bonds is 2. The number of amides is 1. The lowest BCUT2D eigenvalue weighted by Crippen LogP contribution is -2.43. The highest BCUT2D eigenvalue weighted by molar-refractivity contribution is 9.10. The smallest absolute Gasteiger partial charge is 0.410 e. The third kappa shape index (κ3) is 3.84. The predicted octanol–water partition coefficient (Wildman–Crippen LogP) is 4.03. The molecule has 1 aromatic rings. The predicted molar refractivity (Wildman–Crippen MR) is 84.4 cm³/mol. The van der Waals surface area contributed by atoms with Gasteiger partial charge in [-0.25, -0.2) is 4.79 Å². The maximum absolute atomic E-state index is 12.7. The molecule has 5 heteroatoms. The van der Waals surface area contributed by atoms with Gasteiger partial charge in [-0.05, 0) is 39.7 Å². The monoisotopic (exact) mass is 353 g/mol. The average molecular weight is 354 g/mol. The van der Waals surface area contributed by atoms with Crippen LogP contribution in [0.3, 0.4) is 0 Å². The zero-order valence-corrected chi connectivity index (χ0v) is 14.1. The van der Waals surface area contributed by atoms with Crippen LogP contribution in [0.2, 0.25) is 0 Å². The molecule has 0 N–H and O–H groups in total. The standard InChI is InChI=1S/C16H20BrNO3/c1-16(2,3)21-15(20)18-10-6-9-13(18)14(19)11-7-4-5-8-12(11)17/h4-5,7-8,13H,6,9-10H2,1-3H3. The van der Waals surface area contributed by atoms with Crippen LogP contribution in [-0.4, -0.2) is 35.0 Å². The zero-order valence-electron chi connectivity index (χ0n) is 12.6. The molecule has 1 amide bonds. The Bertz CT molecular complexity index is 551. The third-order valence-corrected chi connectivity index (χ3v) is 4.01. The SMILES string of the molecule is CC(C)(C)OC(=O)N1CCCC1C(=O)c1ccccc1Br. The van der Waals surface area contributed by atoms with Crippen LogP contribution in [0.5, 0.6) is 0 Å². The van der Waals surface area contributed by atoms with E-state index in [0.717, 1.165) is 10.9 Å². The number of carbonyl (C=O) groups excluding carboxylic acids is 2. The molecule has 1 saturated heterocycles. The average Bonchev–Trinajstić information content (AvgIpc) is 2.85. The van der Waals surface area contributed by atoms with Crippen molar-refractivity contribution in [2.45, 2.75) is 45.3 Å². The van der Waals surface area contributed by atoms with Gasteiger partial charge >= 0.3 is 6.09 Å². The van der Waals surface area contributed by atoms with Crippen LogP contribution in [0.4, 0.5) is 4.79 Å². The highest BCUT2D eigenvalue weighted by Gasteiger charge is 2.37. The van der Waals surface area contributed by atoms with Crippen LogP contribution in [0.15, 0.2) is 28.7 Å². The number of ether oxygens (including phenoxy) is 1. The van der Waals surface area contributed by atoms with Crippen molar-refractivity contribution in [2.75, 3.05) is 6.54 Å². The Balaban J connectivity index is 2.17. The van der Waals surface area contributed by atoms with E-state index in [-0.39, 0.29) is 5.78 Å². The van der Waals surface area contributed by atoms with E-state index in [1.165, 1.54) is 0 Å². The number of hydrogen-bond acceptors (Lipinski definition) is 3. The Morgan fingerprint density at radius 2 is 1.95 bits per heavy atom. The Morgan fingerprint density at radius 1 is 1.29 bits per heavy atom. The molecular formula is C16H20BrNO3. The first-order valence-corrected chi connectivity index (χ1v) is 7.87. The van der Waals surface area contributed by atoms with Gasteiger partial charge in [-0.15, -0.1) is 0 Å². The van der Waals surface area contributed by atoms with E-state index in [1.807, 2.05) is 39.0 Å². The van der Waals surface area contributed by atoms with E-state index >= 15 is 0 Å². The molecule has 1 heterocycles. The van der Waals surface area contributed by atoms with Crippen LogP contribution < -0.4 is 0 Å². The van der Waals surface area contributed by atoms with Crippen molar-refractivity contribution >= 4 is 27.8 Å². The minimum absolute atomic E-state index is 0.0363. The van der Waals surface area contributed by atoms with Gasteiger partial charge in [0.15, 0.2) is 5.78 Å². The van der Waals surface area contributed by atoms with Crippen molar-refractivity contribution in [3.63, 3.8) is 0 Å². The van der Waals surface area contributed by atoms with Gasteiger partial charge in [-0.1, -0.05) is 34.1 Å². The molecule has 1 aromatic carbocycles. The van der Waals surface area contributed by atoms with Crippen LogP contribution in [-0.2, 0) is 4.74 Å². The van der Waals surface area contributed by atoms with Crippen LogP contribution in [0.25, 0.3) is 0 Å². The summed E-state index contributed by atoms with van der Waals surface area (Å²) in [5.41, 5.74) is 0.0543. The van der Waals surface area contributed by atoms with Crippen molar-refractivity contribution in [1.82, 2.24) is 4.90 Å². The molecule has 1 aliphatic heterocycles. The summed E-state index contributed by atoms with van der Waals surface area (Å²) in [6.45, 7) is 6.04. The fraction of sp³-hybridized carbons (Fsp3) is 0.500. The summed E-state index contributed by atoms with van der Waals surface area (Å²) < 4.78 is 6.15.